The number of carbonyl (C=O) groups excluding carboxylic acids is 1. The largest absolute Gasteiger partial charge is 0.478 e. The summed E-state index contributed by atoms with van der Waals surface area (Å²) in [6.07, 6.45) is 1.31. The Hall–Kier alpha value is -2.11. The van der Waals surface area contributed by atoms with Crippen molar-refractivity contribution in [2.24, 2.45) is 0 Å². The Labute approximate surface area is 106 Å². The van der Waals surface area contributed by atoms with Crippen molar-refractivity contribution >= 4 is 17.6 Å². The van der Waals surface area contributed by atoms with E-state index in [4.69, 9.17) is 5.11 Å². The van der Waals surface area contributed by atoms with E-state index in [1.165, 1.54) is 11.1 Å². The van der Waals surface area contributed by atoms with Crippen molar-refractivity contribution in [3.05, 3.63) is 23.5 Å². The van der Waals surface area contributed by atoms with E-state index in [2.05, 4.69) is 4.98 Å². The van der Waals surface area contributed by atoms with Crippen LogP contribution in [0.25, 0.3) is 0 Å². The number of pyridine rings is 1. The maximum absolute atomic E-state index is 11.6. The van der Waals surface area contributed by atoms with Crippen LogP contribution in [0.1, 0.15) is 16.1 Å². The Bertz CT molecular complexity index is 472. The smallest absolute Gasteiger partial charge is 0.339 e. The van der Waals surface area contributed by atoms with Gasteiger partial charge in [-0.05, 0) is 13.0 Å². The predicted octanol–water partition coefficient (Wildman–Crippen LogP) is 0.613. The van der Waals surface area contributed by atoms with Crippen molar-refractivity contribution in [3.63, 3.8) is 0 Å². The maximum atomic E-state index is 11.6. The van der Waals surface area contributed by atoms with Gasteiger partial charge in [-0.25, -0.2) is 4.79 Å². The molecule has 0 aliphatic rings. The number of aromatic carboxylic acids is 1. The number of nitrogens with zero attached hydrogens (tertiary/aromatic N) is 3. The molecule has 1 N–H and O–H groups in total. The van der Waals surface area contributed by atoms with Gasteiger partial charge in [0.1, 0.15) is 5.56 Å². The fourth-order valence-electron chi connectivity index (χ4n) is 1.46. The lowest BCUT2D eigenvalue weighted by Gasteiger charge is -2.22. The van der Waals surface area contributed by atoms with Crippen LogP contribution in [0.4, 0.5) is 5.69 Å². The molecule has 1 heterocycles. The van der Waals surface area contributed by atoms with E-state index in [0.717, 1.165) is 0 Å². The number of anilines is 1. The van der Waals surface area contributed by atoms with Crippen LogP contribution in [0.15, 0.2) is 12.3 Å². The lowest BCUT2D eigenvalue weighted by Crippen LogP contribution is -2.35. The number of likely N-dealkylation sites (N-methyl/N-ethyl adjacent to an activating group) is 2. The summed E-state index contributed by atoms with van der Waals surface area (Å²) in [4.78, 5) is 29.7. The summed E-state index contributed by atoms with van der Waals surface area (Å²) in [5.74, 6) is -1.15. The molecule has 98 valence electrons. The summed E-state index contributed by atoms with van der Waals surface area (Å²) in [5.41, 5.74) is 1.29. The van der Waals surface area contributed by atoms with Gasteiger partial charge >= 0.3 is 5.97 Å². The first-order valence-corrected chi connectivity index (χ1v) is 5.44. The van der Waals surface area contributed by atoms with Gasteiger partial charge in [-0.2, -0.15) is 0 Å². The molecule has 0 saturated heterocycles. The molecule has 0 spiro atoms. The monoisotopic (exact) mass is 251 g/mol. The van der Waals surface area contributed by atoms with Gasteiger partial charge < -0.3 is 14.9 Å². The first-order valence-electron chi connectivity index (χ1n) is 5.44. The summed E-state index contributed by atoms with van der Waals surface area (Å²) in [5, 5.41) is 9.09. The van der Waals surface area contributed by atoms with Crippen molar-refractivity contribution < 1.29 is 14.7 Å². The number of hydrogen-bond donors (Lipinski definition) is 1. The summed E-state index contributed by atoms with van der Waals surface area (Å²) in [7, 11) is 5.00. The number of hydrogen-bond acceptors (Lipinski definition) is 4. The molecule has 6 heteroatoms. The minimum absolute atomic E-state index is 0.0923. The molecule has 0 unspecified atom stereocenters. The highest BCUT2D eigenvalue weighted by molar-refractivity contribution is 5.95. The molecule has 1 aromatic heterocycles. The molecule has 0 saturated carbocycles. The van der Waals surface area contributed by atoms with E-state index < -0.39 is 5.97 Å². The lowest BCUT2D eigenvalue weighted by atomic mass is 10.2. The second-order valence-corrected chi connectivity index (χ2v) is 4.29. The van der Waals surface area contributed by atoms with Crippen LogP contribution in [0.2, 0.25) is 0 Å². The molecule has 1 aromatic rings. The van der Waals surface area contributed by atoms with Crippen molar-refractivity contribution in [1.29, 1.82) is 0 Å². The van der Waals surface area contributed by atoms with Gasteiger partial charge in [0, 0.05) is 33.0 Å². The van der Waals surface area contributed by atoms with Crippen LogP contribution in [0.3, 0.4) is 0 Å². The highest BCUT2D eigenvalue weighted by Gasteiger charge is 2.17. The first kappa shape index (κ1) is 14.0. The molecule has 0 atom stereocenters. The zero-order valence-corrected chi connectivity index (χ0v) is 11.0. The van der Waals surface area contributed by atoms with Gasteiger partial charge in [-0.15, -0.1) is 0 Å². The van der Waals surface area contributed by atoms with E-state index in [1.54, 1.807) is 39.0 Å². The number of carboxylic acids is 1. The SMILES string of the molecule is Cc1cc(N(C)CC(=O)N(C)C)c(C(=O)O)cn1. The molecule has 0 aliphatic carbocycles. The molecule has 0 aliphatic heterocycles. The molecule has 6 nitrogen and oxygen atoms in total. The minimum Gasteiger partial charge on any atom is -0.478 e. The Balaban J connectivity index is 3.04. The highest BCUT2D eigenvalue weighted by atomic mass is 16.4. The van der Waals surface area contributed by atoms with Crippen molar-refractivity contribution in [3.8, 4) is 0 Å². The fourth-order valence-corrected chi connectivity index (χ4v) is 1.46. The Morgan fingerprint density at radius 3 is 2.44 bits per heavy atom. The Morgan fingerprint density at radius 1 is 1.33 bits per heavy atom. The fraction of sp³-hybridized carbons (Fsp3) is 0.417. The quantitative estimate of drug-likeness (QED) is 0.848. The van der Waals surface area contributed by atoms with E-state index >= 15 is 0 Å². The zero-order chi connectivity index (χ0) is 13.9. The normalized spacial score (nSPS) is 10.0. The summed E-state index contributed by atoms with van der Waals surface area (Å²) < 4.78 is 0. The highest BCUT2D eigenvalue weighted by Crippen LogP contribution is 2.19. The Kier molecular flexibility index (Phi) is 4.25. The second kappa shape index (κ2) is 5.48. The minimum atomic E-state index is -1.05. The second-order valence-electron chi connectivity index (χ2n) is 4.29. The van der Waals surface area contributed by atoms with Gasteiger partial charge in [0.25, 0.3) is 0 Å². The number of rotatable bonds is 4. The molecule has 0 fully saturated rings. The molecule has 1 rings (SSSR count). The molecule has 0 radical (unpaired) electrons. The molecule has 0 aromatic carbocycles. The number of amides is 1. The van der Waals surface area contributed by atoms with Gasteiger partial charge in [-0.1, -0.05) is 0 Å². The van der Waals surface area contributed by atoms with Crippen LogP contribution < -0.4 is 4.90 Å². The zero-order valence-electron chi connectivity index (χ0n) is 11.0. The summed E-state index contributed by atoms with van der Waals surface area (Å²) >= 11 is 0. The third-order valence-electron chi connectivity index (χ3n) is 2.53. The van der Waals surface area contributed by atoms with Crippen LogP contribution in [0.5, 0.6) is 0 Å². The average Bonchev–Trinajstić information content (AvgIpc) is 2.28. The number of aromatic nitrogens is 1. The number of aryl methyl sites for hydroxylation is 1. The third kappa shape index (κ3) is 3.19. The summed E-state index contributed by atoms with van der Waals surface area (Å²) in [6.45, 7) is 1.90. The third-order valence-corrected chi connectivity index (χ3v) is 2.53. The standard InChI is InChI=1S/C12H17N3O3/c1-8-5-10(9(6-13-8)12(17)18)15(4)7-11(16)14(2)3/h5-6H,7H2,1-4H3,(H,17,18). The number of carbonyl (C=O) groups is 2. The molecule has 1 amide bonds. The molecule has 18 heavy (non-hydrogen) atoms. The van der Waals surface area contributed by atoms with E-state index in [0.29, 0.717) is 11.4 Å². The van der Waals surface area contributed by atoms with Crippen molar-refractivity contribution in [2.45, 2.75) is 6.92 Å². The molecule has 0 bridgehead atoms. The molecular formula is C12H17N3O3. The van der Waals surface area contributed by atoms with E-state index in [-0.39, 0.29) is 18.0 Å². The predicted molar refractivity (Wildman–Crippen MR) is 67.9 cm³/mol. The van der Waals surface area contributed by atoms with E-state index in [9.17, 15) is 9.59 Å². The number of carboxylic acid groups (broad SMARTS) is 1. The van der Waals surface area contributed by atoms with Gasteiger partial charge in [0.15, 0.2) is 0 Å². The van der Waals surface area contributed by atoms with Gasteiger partial charge in [0.2, 0.25) is 5.91 Å². The van der Waals surface area contributed by atoms with Crippen LogP contribution in [0, 0.1) is 6.92 Å². The van der Waals surface area contributed by atoms with Crippen molar-refractivity contribution in [1.82, 2.24) is 9.88 Å². The van der Waals surface area contributed by atoms with Crippen LogP contribution >= 0.6 is 0 Å². The summed E-state index contributed by atoms with van der Waals surface area (Å²) in [6, 6.07) is 1.66. The first-order chi connectivity index (χ1) is 8.32. The van der Waals surface area contributed by atoms with Gasteiger partial charge in [0.05, 0.1) is 12.2 Å². The lowest BCUT2D eigenvalue weighted by molar-refractivity contribution is -0.127. The topological polar surface area (TPSA) is 73.7 Å². The average molecular weight is 251 g/mol. The molecular weight excluding hydrogens is 234 g/mol. The van der Waals surface area contributed by atoms with Crippen molar-refractivity contribution in [2.75, 3.05) is 32.6 Å². The van der Waals surface area contributed by atoms with Crippen LogP contribution in [-0.2, 0) is 4.79 Å². The Morgan fingerprint density at radius 2 is 1.94 bits per heavy atom. The van der Waals surface area contributed by atoms with Gasteiger partial charge in [-0.3, -0.25) is 9.78 Å². The van der Waals surface area contributed by atoms with E-state index in [1.807, 2.05) is 0 Å². The van der Waals surface area contributed by atoms with Crippen LogP contribution in [-0.4, -0.2) is 54.6 Å². The maximum Gasteiger partial charge on any atom is 0.339 e.